The summed E-state index contributed by atoms with van der Waals surface area (Å²) in [5, 5.41) is 3.62. The standard InChI is InChI=1S/C10H9BrN2O/c11-8-3-1-7(2-4-8)5-9-6-10(12)13-14-9/h1-4,6H,5H2,(H2,12,13). The molecular weight excluding hydrogens is 244 g/mol. The van der Waals surface area contributed by atoms with Crippen molar-refractivity contribution in [1.82, 2.24) is 5.16 Å². The Labute approximate surface area is 90.0 Å². The van der Waals surface area contributed by atoms with Crippen LogP contribution < -0.4 is 5.73 Å². The minimum atomic E-state index is 0.428. The molecule has 0 spiro atoms. The number of aromatic nitrogens is 1. The highest BCUT2D eigenvalue weighted by Crippen LogP contribution is 2.15. The second-order valence-electron chi connectivity index (χ2n) is 3.02. The summed E-state index contributed by atoms with van der Waals surface area (Å²) in [6, 6.07) is 9.79. The molecule has 3 nitrogen and oxygen atoms in total. The third kappa shape index (κ3) is 2.14. The highest BCUT2D eigenvalue weighted by molar-refractivity contribution is 9.10. The number of rotatable bonds is 2. The van der Waals surface area contributed by atoms with Crippen LogP contribution in [-0.4, -0.2) is 5.16 Å². The van der Waals surface area contributed by atoms with Gasteiger partial charge in [0.1, 0.15) is 5.76 Å². The number of hydrogen-bond donors (Lipinski definition) is 1. The molecule has 0 radical (unpaired) electrons. The summed E-state index contributed by atoms with van der Waals surface area (Å²) in [6.07, 6.45) is 0.720. The average Bonchev–Trinajstić information content (AvgIpc) is 2.56. The fourth-order valence-electron chi connectivity index (χ4n) is 1.22. The van der Waals surface area contributed by atoms with E-state index in [0.29, 0.717) is 5.82 Å². The monoisotopic (exact) mass is 252 g/mol. The lowest BCUT2D eigenvalue weighted by Gasteiger charge is -1.96. The van der Waals surface area contributed by atoms with Gasteiger partial charge in [-0.25, -0.2) is 0 Å². The highest BCUT2D eigenvalue weighted by Gasteiger charge is 2.02. The van der Waals surface area contributed by atoms with Gasteiger partial charge >= 0.3 is 0 Å². The van der Waals surface area contributed by atoms with E-state index in [1.54, 1.807) is 6.07 Å². The molecule has 1 aromatic heterocycles. The number of nitrogens with two attached hydrogens (primary N) is 1. The smallest absolute Gasteiger partial charge is 0.167 e. The predicted molar refractivity (Wildman–Crippen MR) is 57.9 cm³/mol. The summed E-state index contributed by atoms with van der Waals surface area (Å²) in [5.41, 5.74) is 6.61. The van der Waals surface area contributed by atoms with E-state index in [2.05, 4.69) is 21.1 Å². The minimum Gasteiger partial charge on any atom is -0.381 e. The van der Waals surface area contributed by atoms with Crippen molar-refractivity contribution < 1.29 is 4.52 Å². The van der Waals surface area contributed by atoms with Gasteiger partial charge in [0.25, 0.3) is 0 Å². The molecule has 1 aromatic carbocycles. The number of nitrogen functional groups attached to an aromatic ring is 1. The number of hydrogen-bond acceptors (Lipinski definition) is 3. The van der Waals surface area contributed by atoms with Crippen LogP contribution in [0, 0.1) is 0 Å². The molecule has 0 amide bonds. The van der Waals surface area contributed by atoms with Crippen LogP contribution in [0.3, 0.4) is 0 Å². The first-order valence-corrected chi connectivity index (χ1v) is 4.99. The van der Waals surface area contributed by atoms with E-state index in [-0.39, 0.29) is 0 Å². The molecule has 14 heavy (non-hydrogen) atoms. The third-order valence-electron chi connectivity index (χ3n) is 1.87. The summed E-state index contributed by atoms with van der Waals surface area (Å²) in [6.45, 7) is 0. The van der Waals surface area contributed by atoms with Crippen molar-refractivity contribution in [1.29, 1.82) is 0 Å². The Balaban J connectivity index is 2.15. The normalized spacial score (nSPS) is 10.4. The van der Waals surface area contributed by atoms with E-state index in [1.165, 1.54) is 5.56 Å². The molecule has 1 heterocycles. The van der Waals surface area contributed by atoms with Crippen molar-refractivity contribution in [3.8, 4) is 0 Å². The molecule has 0 atom stereocenters. The molecule has 2 N–H and O–H groups in total. The Morgan fingerprint density at radius 3 is 2.57 bits per heavy atom. The Bertz CT molecular complexity index is 422. The lowest BCUT2D eigenvalue weighted by Crippen LogP contribution is -1.85. The molecule has 2 rings (SSSR count). The molecule has 0 fully saturated rings. The molecular formula is C10H9BrN2O. The van der Waals surface area contributed by atoms with Crippen LogP contribution >= 0.6 is 15.9 Å². The Kier molecular flexibility index (Phi) is 2.54. The lowest BCUT2D eigenvalue weighted by atomic mass is 10.1. The summed E-state index contributed by atoms with van der Waals surface area (Å²) >= 11 is 3.38. The Hall–Kier alpha value is -1.29. The van der Waals surface area contributed by atoms with Gasteiger partial charge < -0.3 is 10.3 Å². The van der Waals surface area contributed by atoms with Gasteiger partial charge in [0.05, 0.1) is 0 Å². The van der Waals surface area contributed by atoms with Crippen molar-refractivity contribution in [3.63, 3.8) is 0 Å². The molecule has 0 aliphatic carbocycles. The van der Waals surface area contributed by atoms with Crippen LogP contribution in [0.5, 0.6) is 0 Å². The quantitative estimate of drug-likeness (QED) is 0.894. The molecule has 0 saturated heterocycles. The molecule has 72 valence electrons. The minimum absolute atomic E-state index is 0.428. The second kappa shape index (κ2) is 3.84. The van der Waals surface area contributed by atoms with Gasteiger partial charge in [-0.05, 0) is 17.7 Å². The van der Waals surface area contributed by atoms with E-state index < -0.39 is 0 Å². The first-order valence-electron chi connectivity index (χ1n) is 4.19. The summed E-state index contributed by atoms with van der Waals surface area (Å²) in [5.74, 6) is 1.21. The highest BCUT2D eigenvalue weighted by atomic mass is 79.9. The first-order chi connectivity index (χ1) is 6.74. The summed E-state index contributed by atoms with van der Waals surface area (Å²) < 4.78 is 6.08. The lowest BCUT2D eigenvalue weighted by molar-refractivity contribution is 0.392. The van der Waals surface area contributed by atoms with Gasteiger partial charge in [-0.3, -0.25) is 0 Å². The Morgan fingerprint density at radius 2 is 2.00 bits per heavy atom. The SMILES string of the molecule is Nc1cc(Cc2ccc(Br)cc2)on1. The number of halogens is 1. The van der Waals surface area contributed by atoms with E-state index in [4.69, 9.17) is 10.3 Å². The molecule has 2 aromatic rings. The number of benzene rings is 1. The molecule has 0 saturated carbocycles. The van der Waals surface area contributed by atoms with Crippen molar-refractivity contribution >= 4 is 21.7 Å². The van der Waals surface area contributed by atoms with Crippen LogP contribution in [0.1, 0.15) is 11.3 Å². The fourth-order valence-corrected chi connectivity index (χ4v) is 1.48. The second-order valence-corrected chi connectivity index (χ2v) is 3.94. The van der Waals surface area contributed by atoms with Crippen LogP contribution in [0.25, 0.3) is 0 Å². The van der Waals surface area contributed by atoms with E-state index in [9.17, 15) is 0 Å². The molecule has 0 aliphatic rings. The molecule has 0 bridgehead atoms. The van der Waals surface area contributed by atoms with Gasteiger partial charge in [0.15, 0.2) is 5.82 Å². The van der Waals surface area contributed by atoms with Crippen molar-refractivity contribution in [2.75, 3.05) is 5.73 Å². The zero-order chi connectivity index (χ0) is 9.97. The first kappa shape index (κ1) is 9.27. The van der Waals surface area contributed by atoms with E-state index in [0.717, 1.165) is 16.7 Å². The van der Waals surface area contributed by atoms with Crippen molar-refractivity contribution in [2.45, 2.75) is 6.42 Å². The van der Waals surface area contributed by atoms with Gasteiger partial charge in [-0.1, -0.05) is 33.2 Å². The number of nitrogens with zero attached hydrogens (tertiary/aromatic N) is 1. The Morgan fingerprint density at radius 1 is 1.29 bits per heavy atom. The predicted octanol–water partition coefficient (Wildman–Crippen LogP) is 2.61. The van der Waals surface area contributed by atoms with Gasteiger partial charge in [0.2, 0.25) is 0 Å². The van der Waals surface area contributed by atoms with Crippen LogP contribution in [0.4, 0.5) is 5.82 Å². The van der Waals surface area contributed by atoms with Gasteiger partial charge in [-0.15, -0.1) is 0 Å². The maximum Gasteiger partial charge on any atom is 0.167 e. The van der Waals surface area contributed by atoms with Gasteiger partial charge in [-0.2, -0.15) is 0 Å². The van der Waals surface area contributed by atoms with Crippen molar-refractivity contribution in [2.24, 2.45) is 0 Å². The topological polar surface area (TPSA) is 52.0 Å². The van der Waals surface area contributed by atoms with Crippen LogP contribution in [0.2, 0.25) is 0 Å². The molecule has 4 heteroatoms. The zero-order valence-corrected chi connectivity index (χ0v) is 8.99. The maximum absolute atomic E-state index is 5.44. The van der Waals surface area contributed by atoms with E-state index in [1.807, 2.05) is 24.3 Å². The van der Waals surface area contributed by atoms with E-state index >= 15 is 0 Å². The van der Waals surface area contributed by atoms with Gasteiger partial charge in [0, 0.05) is 17.0 Å². The van der Waals surface area contributed by atoms with Crippen molar-refractivity contribution in [3.05, 3.63) is 46.1 Å². The average molecular weight is 253 g/mol. The van der Waals surface area contributed by atoms with Crippen LogP contribution in [-0.2, 0) is 6.42 Å². The third-order valence-corrected chi connectivity index (χ3v) is 2.40. The molecule has 0 unspecified atom stereocenters. The van der Waals surface area contributed by atoms with Crippen LogP contribution in [0.15, 0.2) is 39.3 Å². The largest absolute Gasteiger partial charge is 0.381 e. The number of anilines is 1. The maximum atomic E-state index is 5.44. The fraction of sp³-hybridized carbons (Fsp3) is 0.100. The summed E-state index contributed by atoms with van der Waals surface area (Å²) in [7, 11) is 0. The summed E-state index contributed by atoms with van der Waals surface area (Å²) in [4.78, 5) is 0. The zero-order valence-electron chi connectivity index (χ0n) is 7.40. The molecule has 0 aliphatic heterocycles.